The third kappa shape index (κ3) is 2.19. The van der Waals surface area contributed by atoms with Crippen molar-refractivity contribution >= 4 is 0 Å². The molecule has 2 unspecified atom stereocenters. The molecule has 0 saturated heterocycles. The van der Waals surface area contributed by atoms with E-state index in [0.29, 0.717) is 11.6 Å². The van der Waals surface area contributed by atoms with Gasteiger partial charge >= 0.3 is 0 Å². The Bertz CT molecular complexity index is 214. The van der Waals surface area contributed by atoms with Gasteiger partial charge < -0.3 is 15.3 Å². The summed E-state index contributed by atoms with van der Waals surface area (Å²) in [5.41, 5.74) is 0.377. The van der Waals surface area contributed by atoms with Crippen LogP contribution in [-0.2, 0) is 0 Å². The summed E-state index contributed by atoms with van der Waals surface area (Å²) in [5.74, 6) is 0. The van der Waals surface area contributed by atoms with Crippen LogP contribution in [0.1, 0.15) is 38.5 Å². The maximum Gasteiger partial charge on any atom is 0.0693 e. The van der Waals surface area contributed by atoms with Gasteiger partial charge in [0.1, 0.15) is 0 Å². The van der Waals surface area contributed by atoms with E-state index in [4.69, 9.17) is 0 Å². The summed E-state index contributed by atoms with van der Waals surface area (Å²) >= 11 is 0. The minimum atomic E-state index is -0.107. The minimum absolute atomic E-state index is 0.107. The number of nitrogens with one attached hydrogen (secondary N) is 1. The number of hydrogen-bond donors (Lipinski definition) is 2. The molecule has 2 aliphatic carbocycles. The van der Waals surface area contributed by atoms with Crippen molar-refractivity contribution in [1.29, 1.82) is 0 Å². The first-order valence-electron chi connectivity index (χ1n) is 6.23. The predicted octanol–water partition coefficient (Wildman–Crippen LogP) is 0.974. The molecule has 0 aromatic rings. The number of nitrogens with zero attached hydrogens (tertiary/aromatic N) is 1. The molecule has 15 heavy (non-hydrogen) atoms. The molecular weight excluding hydrogens is 188 g/mol. The zero-order valence-corrected chi connectivity index (χ0v) is 10.00. The van der Waals surface area contributed by atoms with E-state index in [2.05, 4.69) is 24.3 Å². The summed E-state index contributed by atoms with van der Waals surface area (Å²) in [4.78, 5) is 2.35. The predicted molar refractivity (Wildman–Crippen MR) is 61.9 cm³/mol. The second kappa shape index (κ2) is 4.40. The highest BCUT2D eigenvalue weighted by molar-refractivity contribution is 4.99. The Kier molecular flexibility index (Phi) is 3.33. The Morgan fingerprint density at radius 2 is 2.00 bits per heavy atom. The van der Waals surface area contributed by atoms with E-state index in [1.807, 2.05) is 0 Å². The Hall–Kier alpha value is -0.120. The largest absolute Gasteiger partial charge is 0.392 e. The molecule has 0 amide bonds. The maximum atomic E-state index is 9.74. The molecule has 3 nitrogen and oxygen atoms in total. The maximum absolute atomic E-state index is 9.74. The highest BCUT2D eigenvalue weighted by atomic mass is 16.3. The van der Waals surface area contributed by atoms with E-state index >= 15 is 0 Å². The Labute approximate surface area is 92.8 Å². The number of likely N-dealkylation sites (N-methyl/N-ethyl adjacent to an activating group) is 1. The molecule has 0 radical (unpaired) electrons. The van der Waals surface area contributed by atoms with Crippen LogP contribution in [-0.4, -0.2) is 48.3 Å². The number of aliphatic hydroxyl groups excluding tert-OH is 1. The summed E-state index contributed by atoms with van der Waals surface area (Å²) in [7, 11) is 4.35. The molecule has 88 valence electrons. The Balaban J connectivity index is 1.81. The topological polar surface area (TPSA) is 35.5 Å². The van der Waals surface area contributed by atoms with Gasteiger partial charge in [-0.3, -0.25) is 0 Å². The molecule has 0 aliphatic heterocycles. The fourth-order valence-corrected chi connectivity index (χ4v) is 2.87. The van der Waals surface area contributed by atoms with Crippen LogP contribution in [0, 0.1) is 0 Å². The smallest absolute Gasteiger partial charge is 0.0693 e. The van der Waals surface area contributed by atoms with E-state index in [0.717, 1.165) is 19.4 Å². The summed E-state index contributed by atoms with van der Waals surface area (Å²) in [6.45, 7) is 1.04. The summed E-state index contributed by atoms with van der Waals surface area (Å²) < 4.78 is 0. The lowest BCUT2D eigenvalue weighted by atomic mass is 9.75. The highest BCUT2D eigenvalue weighted by Gasteiger charge is 2.39. The van der Waals surface area contributed by atoms with Crippen LogP contribution in [0.3, 0.4) is 0 Å². The van der Waals surface area contributed by atoms with Crippen molar-refractivity contribution in [3.63, 3.8) is 0 Å². The van der Waals surface area contributed by atoms with Gasteiger partial charge in [-0.15, -0.1) is 0 Å². The molecule has 2 fully saturated rings. The van der Waals surface area contributed by atoms with Crippen molar-refractivity contribution in [3.05, 3.63) is 0 Å². The fraction of sp³-hybridized carbons (Fsp3) is 1.00. The molecule has 2 rings (SSSR count). The SMILES string of the molecule is CN(C)C1(CNC2CCCC2O)CCC1. The van der Waals surface area contributed by atoms with E-state index in [1.54, 1.807) is 0 Å². The average molecular weight is 212 g/mol. The highest BCUT2D eigenvalue weighted by Crippen LogP contribution is 2.35. The van der Waals surface area contributed by atoms with Crippen molar-refractivity contribution < 1.29 is 5.11 Å². The van der Waals surface area contributed by atoms with Gasteiger partial charge in [0.05, 0.1) is 6.10 Å². The molecular formula is C12H24N2O. The van der Waals surface area contributed by atoms with Gasteiger partial charge in [-0.2, -0.15) is 0 Å². The quantitative estimate of drug-likeness (QED) is 0.729. The first kappa shape index (κ1) is 11.4. The Morgan fingerprint density at radius 1 is 1.27 bits per heavy atom. The first-order valence-corrected chi connectivity index (χ1v) is 6.23. The lowest BCUT2D eigenvalue weighted by Crippen LogP contribution is -2.58. The molecule has 2 saturated carbocycles. The van der Waals surface area contributed by atoms with E-state index < -0.39 is 0 Å². The number of hydrogen-bond acceptors (Lipinski definition) is 3. The lowest BCUT2D eigenvalue weighted by molar-refractivity contribution is 0.0497. The minimum Gasteiger partial charge on any atom is -0.392 e. The number of rotatable bonds is 4. The molecule has 2 aliphatic rings. The summed E-state index contributed by atoms with van der Waals surface area (Å²) in [5, 5.41) is 13.3. The second-order valence-electron chi connectivity index (χ2n) is 5.46. The average Bonchev–Trinajstić information content (AvgIpc) is 2.49. The van der Waals surface area contributed by atoms with Crippen LogP contribution in [0.2, 0.25) is 0 Å². The Morgan fingerprint density at radius 3 is 2.40 bits per heavy atom. The third-order valence-electron chi connectivity index (χ3n) is 4.41. The van der Waals surface area contributed by atoms with E-state index in [1.165, 1.54) is 25.7 Å². The zero-order valence-electron chi connectivity index (χ0n) is 10.00. The normalized spacial score (nSPS) is 34.4. The molecule has 2 N–H and O–H groups in total. The van der Waals surface area contributed by atoms with Gasteiger partial charge in [0.2, 0.25) is 0 Å². The lowest BCUT2D eigenvalue weighted by Gasteiger charge is -2.48. The summed E-state index contributed by atoms with van der Waals surface area (Å²) in [6, 6.07) is 0.349. The van der Waals surface area contributed by atoms with Crippen molar-refractivity contribution in [2.75, 3.05) is 20.6 Å². The molecule has 0 aromatic carbocycles. The van der Waals surface area contributed by atoms with Gasteiger partial charge in [-0.05, 0) is 52.6 Å². The van der Waals surface area contributed by atoms with Crippen molar-refractivity contribution in [1.82, 2.24) is 10.2 Å². The van der Waals surface area contributed by atoms with Crippen LogP contribution < -0.4 is 5.32 Å². The molecule has 0 heterocycles. The summed E-state index contributed by atoms with van der Waals surface area (Å²) in [6.07, 6.45) is 7.15. The molecule has 3 heteroatoms. The monoisotopic (exact) mass is 212 g/mol. The molecule has 0 bridgehead atoms. The van der Waals surface area contributed by atoms with Crippen molar-refractivity contribution in [2.24, 2.45) is 0 Å². The van der Waals surface area contributed by atoms with Gasteiger partial charge in [-0.25, -0.2) is 0 Å². The molecule has 0 spiro atoms. The zero-order chi connectivity index (χ0) is 10.9. The van der Waals surface area contributed by atoms with Crippen LogP contribution >= 0.6 is 0 Å². The van der Waals surface area contributed by atoms with Gasteiger partial charge in [-0.1, -0.05) is 0 Å². The molecule has 0 aromatic heterocycles. The van der Waals surface area contributed by atoms with Crippen molar-refractivity contribution in [3.8, 4) is 0 Å². The van der Waals surface area contributed by atoms with Gasteiger partial charge in [0, 0.05) is 18.1 Å². The van der Waals surface area contributed by atoms with Crippen LogP contribution in [0.5, 0.6) is 0 Å². The second-order valence-corrected chi connectivity index (χ2v) is 5.46. The van der Waals surface area contributed by atoms with Crippen LogP contribution in [0.15, 0.2) is 0 Å². The first-order chi connectivity index (χ1) is 7.14. The van der Waals surface area contributed by atoms with Crippen LogP contribution in [0.4, 0.5) is 0 Å². The van der Waals surface area contributed by atoms with Gasteiger partial charge in [0.25, 0.3) is 0 Å². The number of aliphatic hydroxyl groups is 1. The van der Waals surface area contributed by atoms with Crippen molar-refractivity contribution in [2.45, 2.75) is 56.2 Å². The van der Waals surface area contributed by atoms with Crippen LogP contribution in [0.25, 0.3) is 0 Å². The van der Waals surface area contributed by atoms with E-state index in [9.17, 15) is 5.11 Å². The third-order valence-corrected chi connectivity index (χ3v) is 4.41. The fourth-order valence-electron chi connectivity index (χ4n) is 2.87. The van der Waals surface area contributed by atoms with E-state index in [-0.39, 0.29) is 6.10 Å². The van der Waals surface area contributed by atoms with Gasteiger partial charge in [0.15, 0.2) is 0 Å². The standard InChI is InChI=1S/C12H24N2O/c1-14(2)12(7-4-8-12)9-13-10-5-3-6-11(10)15/h10-11,13,15H,3-9H2,1-2H3. The molecule has 2 atom stereocenters.